The van der Waals surface area contributed by atoms with Crippen LogP contribution in [-0.2, 0) is 0 Å². The predicted molar refractivity (Wildman–Crippen MR) is 59.0 cm³/mol. The Labute approximate surface area is 87.3 Å². The zero-order valence-electron chi connectivity index (χ0n) is 7.75. The molecule has 2 aromatic carbocycles. The van der Waals surface area contributed by atoms with E-state index in [4.69, 9.17) is 11.6 Å². The minimum atomic E-state index is 0.000697. The van der Waals surface area contributed by atoms with Gasteiger partial charge in [-0.25, -0.2) is 0 Å². The van der Waals surface area contributed by atoms with Crippen LogP contribution in [0.15, 0.2) is 36.4 Å². The van der Waals surface area contributed by atoms with Crippen molar-refractivity contribution in [2.75, 3.05) is 0 Å². The first-order valence-electron chi connectivity index (χ1n) is 4.38. The van der Waals surface area contributed by atoms with Crippen LogP contribution in [0.1, 0.15) is 17.3 Å². The summed E-state index contributed by atoms with van der Waals surface area (Å²) in [4.78, 5) is 11.2. The summed E-state index contributed by atoms with van der Waals surface area (Å²) in [6.45, 7) is 1.52. The fourth-order valence-electron chi connectivity index (χ4n) is 1.51. The molecule has 14 heavy (non-hydrogen) atoms. The molecule has 0 aliphatic heterocycles. The molecule has 0 spiro atoms. The molecule has 0 saturated carbocycles. The molecule has 1 nitrogen and oxygen atoms in total. The van der Waals surface area contributed by atoms with Crippen molar-refractivity contribution < 1.29 is 4.79 Å². The summed E-state index contributed by atoms with van der Waals surface area (Å²) in [6, 6.07) is 11.4. The van der Waals surface area contributed by atoms with Crippen LogP contribution in [0.4, 0.5) is 0 Å². The normalized spacial score (nSPS) is 10.4. The number of halogens is 1. The summed E-state index contributed by atoms with van der Waals surface area (Å²) in [6.07, 6.45) is 0. The molecule has 2 aromatic rings. The van der Waals surface area contributed by atoms with E-state index in [1.807, 2.05) is 30.3 Å². The third-order valence-corrected chi connectivity index (χ3v) is 2.65. The first-order valence-corrected chi connectivity index (χ1v) is 4.76. The highest BCUT2D eigenvalue weighted by Gasteiger charge is 2.07. The summed E-state index contributed by atoms with van der Waals surface area (Å²) in [5.41, 5.74) is 0.588. The van der Waals surface area contributed by atoms with Crippen LogP contribution in [0.3, 0.4) is 0 Å². The van der Waals surface area contributed by atoms with E-state index in [-0.39, 0.29) is 5.78 Å². The molecular formula is C12H9ClO. The minimum absolute atomic E-state index is 0.000697. The lowest BCUT2D eigenvalue weighted by Crippen LogP contribution is -1.93. The van der Waals surface area contributed by atoms with Gasteiger partial charge in [0.15, 0.2) is 5.78 Å². The van der Waals surface area contributed by atoms with Gasteiger partial charge in [-0.2, -0.15) is 0 Å². The number of carbonyl (C=O) groups excluding carboxylic acids is 1. The van der Waals surface area contributed by atoms with Crippen LogP contribution in [-0.4, -0.2) is 5.78 Å². The van der Waals surface area contributed by atoms with Crippen LogP contribution in [0.2, 0.25) is 5.02 Å². The van der Waals surface area contributed by atoms with E-state index in [0.29, 0.717) is 10.6 Å². The first-order chi connectivity index (χ1) is 6.70. The molecule has 0 saturated heterocycles. The molecule has 0 aliphatic rings. The number of hydrogen-bond donors (Lipinski definition) is 0. The predicted octanol–water partition coefficient (Wildman–Crippen LogP) is 3.70. The van der Waals surface area contributed by atoms with Crippen molar-refractivity contribution in [1.29, 1.82) is 0 Å². The van der Waals surface area contributed by atoms with Gasteiger partial charge in [0.2, 0.25) is 0 Å². The molecule has 0 aliphatic carbocycles. The van der Waals surface area contributed by atoms with Gasteiger partial charge >= 0.3 is 0 Å². The maximum atomic E-state index is 11.2. The third kappa shape index (κ3) is 1.40. The molecule has 0 aromatic heterocycles. The Morgan fingerprint density at radius 1 is 1.14 bits per heavy atom. The topological polar surface area (TPSA) is 17.1 Å². The smallest absolute Gasteiger partial charge is 0.161 e. The number of carbonyl (C=O) groups is 1. The number of ketones is 1. The van der Waals surface area contributed by atoms with Crippen molar-refractivity contribution in [1.82, 2.24) is 0 Å². The van der Waals surface area contributed by atoms with Gasteiger partial charge in [-0.15, -0.1) is 0 Å². The Kier molecular flexibility index (Phi) is 2.26. The molecule has 0 fully saturated rings. The SMILES string of the molecule is CC(=O)c1ccc2ccccc2c1Cl. The second-order valence-electron chi connectivity index (χ2n) is 3.20. The minimum Gasteiger partial charge on any atom is -0.294 e. The molecule has 0 N–H and O–H groups in total. The van der Waals surface area contributed by atoms with Gasteiger partial charge in [-0.1, -0.05) is 41.9 Å². The first kappa shape index (κ1) is 9.22. The van der Waals surface area contributed by atoms with Crippen LogP contribution in [0.5, 0.6) is 0 Å². The summed E-state index contributed by atoms with van der Waals surface area (Å²) in [5, 5.41) is 2.54. The number of Topliss-reactive ketones (excluding diaryl/α,β-unsaturated/α-hetero) is 1. The third-order valence-electron chi connectivity index (χ3n) is 2.24. The average molecular weight is 205 g/mol. The fraction of sp³-hybridized carbons (Fsp3) is 0.0833. The molecule has 0 radical (unpaired) electrons. The van der Waals surface area contributed by atoms with Crippen molar-refractivity contribution in [3.8, 4) is 0 Å². The molecule has 70 valence electrons. The highest BCUT2D eigenvalue weighted by atomic mass is 35.5. The van der Waals surface area contributed by atoms with E-state index in [0.717, 1.165) is 10.8 Å². The molecule has 2 heteroatoms. The summed E-state index contributed by atoms with van der Waals surface area (Å²) in [7, 11) is 0. The Balaban J connectivity index is 2.81. The molecule has 0 bridgehead atoms. The van der Waals surface area contributed by atoms with Gasteiger partial charge in [-0.05, 0) is 18.4 Å². The maximum absolute atomic E-state index is 11.2. The Hall–Kier alpha value is -1.34. The molecular weight excluding hydrogens is 196 g/mol. The van der Waals surface area contributed by atoms with E-state index in [1.54, 1.807) is 6.07 Å². The van der Waals surface area contributed by atoms with Gasteiger partial charge in [0.25, 0.3) is 0 Å². The molecule has 0 unspecified atom stereocenters. The molecule has 0 heterocycles. The van der Waals surface area contributed by atoms with E-state index in [9.17, 15) is 4.79 Å². The lowest BCUT2D eigenvalue weighted by atomic mass is 10.0. The van der Waals surface area contributed by atoms with Crippen LogP contribution >= 0.6 is 11.6 Å². The fourth-order valence-corrected chi connectivity index (χ4v) is 1.87. The van der Waals surface area contributed by atoms with Crippen molar-refractivity contribution in [2.24, 2.45) is 0 Å². The quantitative estimate of drug-likeness (QED) is 0.648. The molecule has 2 rings (SSSR count). The second-order valence-corrected chi connectivity index (χ2v) is 3.58. The van der Waals surface area contributed by atoms with Crippen molar-refractivity contribution in [3.63, 3.8) is 0 Å². The van der Waals surface area contributed by atoms with Gasteiger partial charge in [0.05, 0.1) is 5.02 Å². The average Bonchev–Trinajstić information content (AvgIpc) is 2.18. The summed E-state index contributed by atoms with van der Waals surface area (Å²) >= 11 is 6.12. The summed E-state index contributed by atoms with van der Waals surface area (Å²) < 4.78 is 0. The number of benzene rings is 2. The van der Waals surface area contributed by atoms with E-state index < -0.39 is 0 Å². The maximum Gasteiger partial charge on any atom is 0.161 e. The lowest BCUT2D eigenvalue weighted by Gasteiger charge is -2.04. The number of rotatable bonds is 1. The van der Waals surface area contributed by atoms with Crippen LogP contribution in [0.25, 0.3) is 10.8 Å². The largest absolute Gasteiger partial charge is 0.294 e. The van der Waals surface area contributed by atoms with Crippen molar-refractivity contribution in [3.05, 3.63) is 47.0 Å². The van der Waals surface area contributed by atoms with E-state index >= 15 is 0 Å². The standard InChI is InChI=1S/C12H9ClO/c1-8(14)10-7-6-9-4-2-3-5-11(9)12(10)13/h2-7H,1H3. The zero-order chi connectivity index (χ0) is 10.1. The van der Waals surface area contributed by atoms with Crippen LogP contribution in [0, 0.1) is 0 Å². The summed E-state index contributed by atoms with van der Waals surface area (Å²) in [5.74, 6) is 0.000697. The van der Waals surface area contributed by atoms with Gasteiger partial charge in [0.1, 0.15) is 0 Å². The molecule has 0 amide bonds. The van der Waals surface area contributed by atoms with Gasteiger partial charge in [0, 0.05) is 10.9 Å². The highest BCUT2D eigenvalue weighted by molar-refractivity contribution is 6.38. The Bertz CT molecular complexity index is 503. The monoisotopic (exact) mass is 204 g/mol. The Morgan fingerprint density at radius 3 is 2.57 bits per heavy atom. The zero-order valence-corrected chi connectivity index (χ0v) is 8.51. The van der Waals surface area contributed by atoms with Crippen LogP contribution < -0.4 is 0 Å². The number of hydrogen-bond acceptors (Lipinski definition) is 1. The second kappa shape index (κ2) is 3.43. The highest BCUT2D eigenvalue weighted by Crippen LogP contribution is 2.27. The van der Waals surface area contributed by atoms with Gasteiger partial charge < -0.3 is 0 Å². The molecule has 0 atom stereocenters. The lowest BCUT2D eigenvalue weighted by molar-refractivity contribution is 0.101. The van der Waals surface area contributed by atoms with Crippen molar-refractivity contribution in [2.45, 2.75) is 6.92 Å². The number of fused-ring (bicyclic) bond motifs is 1. The van der Waals surface area contributed by atoms with E-state index in [1.165, 1.54) is 6.92 Å². The van der Waals surface area contributed by atoms with Crippen molar-refractivity contribution >= 4 is 28.2 Å². The van der Waals surface area contributed by atoms with Gasteiger partial charge in [-0.3, -0.25) is 4.79 Å². The Morgan fingerprint density at radius 2 is 1.86 bits per heavy atom. The van der Waals surface area contributed by atoms with E-state index in [2.05, 4.69) is 0 Å².